The fourth-order valence-corrected chi connectivity index (χ4v) is 3.15. The molecule has 0 bridgehead atoms. The smallest absolute Gasteiger partial charge is 0.191 e. The average molecular weight is 346 g/mol. The number of nitrogens with zero attached hydrogens (tertiary/aromatic N) is 1. The van der Waals surface area contributed by atoms with Crippen molar-refractivity contribution < 1.29 is 4.74 Å². The number of rotatable bonds is 8. The first kappa shape index (κ1) is 18.5. The first-order valence-corrected chi connectivity index (χ1v) is 9.26. The Bertz CT molecular complexity index is 652. The molecule has 2 rings (SSSR count). The van der Waals surface area contributed by atoms with Crippen molar-refractivity contribution in [2.24, 2.45) is 4.99 Å². The van der Waals surface area contributed by atoms with E-state index in [1.54, 1.807) is 0 Å². The Labute approximate surface area is 149 Å². The third kappa shape index (κ3) is 5.98. The SMILES string of the molecule is CCNC(=NCc1ccccc1COCC)NCc1ccc(C)s1. The second-order valence-electron chi connectivity index (χ2n) is 5.47. The van der Waals surface area contributed by atoms with Crippen LogP contribution in [-0.4, -0.2) is 19.1 Å². The second-order valence-corrected chi connectivity index (χ2v) is 6.84. The average Bonchev–Trinajstić information content (AvgIpc) is 3.01. The number of thiophene rings is 1. The number of hydrogen-bond donors (Lipinski definition) is 2. The van der Waals surface area contributed by atoms with Crippen LogP contribution < -0.4 is 10.6 Å². The molecule has 0 unspecified atom stereocenters. The highest BCUT2D eigenvalue weighted by atomic mass is 32.1. The lowest BCUT2D eigenvalue weighted by Gasteiger charge is -2.12. The maximum Gasteiger partial charge on any atom is 0.191 e. The van der Waals surface area contributed by atoms with Gasteiger partial charge in [-0.2, -0.15) is 0 Å². The van der Waals surface area contributed by atoms with Crippen LogP contribution in [0.2, 0.25) is 0 Å². The van der Waals surface area contributed by atoms with E-state index in [1.165, 1.54) is 20.9 Å². The molecule has 0 fully saturated rings. The van der Waals surface area contributed by atoms with Gasteiger partial charge in [0.1, 0.15) is 0 Å². The molecule has 0 aliphatic heterocycles. The maximum atomic E-state index is 5.54. The van der Waals surface area contributed by atoms with Gasteiger partial charge in [-0.15, -0.1) is 11.3 Å². The summed E-state index contributed by atoms with van der Waals surface area (Å²) in [5.41, 5.74) is 2.41. The van der Waals surface area contributed by atoms with Gasteiger partial charge in [0, 0.05) is 22.9 Å². The zero-order valence-corrected chi connectivity index (χ0v) is 15.6. The van der Waals surface area contributed by atoms with E-state index in [4.69, 9.17) is 9.73 Å². The molecule has 0 spiro atoms. The quantitative estimate of drug-likeness (QED) is 0.564. The molecular formula is C19H27N3OS. The Morgan fingerprint density at radius 2 is 1.88 bits per heavy atom. The largest absolute Gasteiger partial charge is 0.377 e. The van der Waals surface area contributed by atoms with Crippen LogP contribution in [0.5, 0.6) is 0 Å². The zero-order valence-electron chi connectivity index (χ0n) is 14.8. The van der Waals surface area contributed by atoms with Crippen LogP contribution in [0, 0.1) is 6.92 Å². The standard InChI is InChI=1S/C19H27N3OS/c1-4-20-19(22-13-18-11-10-15(3)24-18)21-12-16-8-6-7-9-17(16)14-23-5-2/h6-11H,4-5,12-14H2,1-3H3,(H2,20,21,22). The van der Waals surface area contributed by atoms with Crippen LogP contribution in [0.3, 0.4) is 0 Å². The molecule has 4 nitrogen and oxygen atoms in total. The molecule has 130 valence electrons. The summed E-state index contributed by atoms with van der Waals surface area (Å²) in [4.78, 5) is 7.36. The molecule has 0 aliphatic rings. The van der Waals surface area contributed by atoms with Crippen LogP contribution in [-0.2, 0) is 24.4 Å². The molecule has 0 saturated heterocycles. The molecular weight excluding hydrogens is 318 g/mol. The number of hydrogen-bond acceptors (Lipinski definition) is 3. The predicted octanol–water partition coefficient (Wildman–Crippen LogP) is 3.85. The van der Waals surface area contributed by atoms with Gasteiger partial charge in [0.05, 0.1) is 19.7 Å². The van der Waals surface area contributed by atoms with Gasteiger partial charge < -0.3 is 15.4 Å². The van der Waals surface area contributed by atoms with Crippen LogP contribution in [0.15, 0.2) is 41.4 Å². The van der Waals surface area contributed by atoms with Crippen LogP contribution in [0.1, 0.15) is 34.7 Å². The van der Waals surface area contributed by atoms with Gasteiger partial charge >= 0.3 is 0 Å². The highest BCUT2D eigenvalue weighted by Gasteiger charge is 2.03. The van der Waals surface area contributed by atoms with Gasteiger partial charge in [0.25, 0.3) is 0 Å². The van der Waals surface area contributed by atoms with E-state index in [0.29, 0.717) is 13.2 Å². The van der Waals surface area contributed by atoms with E-state index in [-0.39, 0.29) is 0 Å². The van der Waals surface area contributed by atoms with Crippen molar-refractivity contribution >= 4 is 17.3 Å². The summed E-state index contributed by atoms with van der Waals surface area (Å²) < 4.78 is 5.54. The van der Waals surface area contributed by atoms with Crippen molar-refractivity contribution in [1.29, 1.82) is 0 Å². The molecule has 1 heterocycles. The number of aryl methyl sites for hydroxylation is 1. The number of nitrogens with one attached hydrogen (secondary N) is 2. The zero-order chi connectivity index (χ0) is 17.2. The van der Waals surface area contributed by atoms with Crippen molar-refractivity contribution in [2.45, 2.75) is 40.5 Å². The fraction of sp³-hybridized carbons (Fsp3) is 0.421. The Morgan fingerprint density at radius 3 is 2.54 bits per heavy atom. The normalized spacial score (nSPS) is 11.5. The highest BCUT2D eigenvalue weighted by Crippen LogP contribution is 2.14. The molecule has 24 heavy (non-hydrogen) atoms. The molecule has 2 N–H and O–H groups in total. The van der Waals surface area contributed by atoms with E-state index in [1.807, 2.05) is 24.3 Å². The summed E-state index contributed by atoms with van der Waals surface area (Å²) in [6, 6.07) is 12.6. The Balaban J connectivity index is 1.99. The fourth-order valence-electron chi connectivity index (χ4n) is 2.32. The van der Waals surface area contributed by atoms with E-state index in [2.05, 4.69) is 54.8 Å². The Kier molecular flexibility index (Phi) is 7.79. The van der Waals surface area contributed by atoms with Crippen molar-refractivity contribution in [3.05, 3.63) is 57.3 Å². The molecule has 0 aliphatic carbocycles. The topological polar surface area (TPSA) is 45.7 Å². The lowest BCUT2D eigenvalue weighted by molar-refractivity contribution is 0.133. The summed E-state index contributed by atoms with van der Waals surface area (Å²) in [7, 11) is 0. The molecule has 0 amide bonds. The monoisotopic (exact) mass is 345 g/mol. The summed E-state index contributed by atoms with van der Waals surface area (Å²) >= 11 is 1.81. The number of benzene rings is 1. The molecule has 0 radical (unpaired) electrons. The van der Waals surface area contributed by atoms with E-state index in [9.17, 15) is 0 Å². The van der Waals surface area contributed by atoms with Gasteiger partial charge in [0.2, 0.25) is 0 Å². The molecule has 0 saturated carbocycles. The summed E-state index contributed by atoms with van der Waals surface area (Å²) in [6.45, 7) is 9.87. The molecule has 5 heteroatoms. The molecule has 1 aromatic carbocycles. The summed E-state index contributed by atoms with van der Waals surface area (Å²) in [6.07, 6.45) is 0. The van der Waals surface area contributed by atoms with E-state index < -0.39 is 0 Å². The molecule has 1 aromatic heterocycles. The van der Waals surface area contributed by atoms with Gasteiger partial charge in [-0.05, 0) is 44.0 Å². The van der Waals surface area contributed by atoms with Crippen molar-refractivity contribution in [1.82, 2.24) is 10.6 Å². The van der Waals surface area contributed by atoms with Crippen LogP contribution >= 0.6 is 11.3 Å². The highest BCUT2D eigenvalue weighted by molar-refractivity contribution is 7.11. The van der Waals surface area contributed by atoms with Gasteiger partial charge in [-0.25, -0.2) is 4.99 Å². The van der Waals surface area contributed by atoms with Gasteiger partial charge in [-0.1, -0.05) is 24.3 Å². The van der Waals surface area contributed by atoms with E-state index >= 15 is 0 Å². The molecule has 0 atom stereocenters. The maximum absolute atomic E-state index is 5.54. The first-order chi connectivity index (χ1) is 11.7. The Morgan fingerprint density at radius 1 is 1.08 bits per heavy atom. The summed E-state index contributed by atoms with van der Waals surface area (Å²) in [5.74, 6) is 0.842. The van der Waals surface area contributed by atoms with Gasteiger partial charge in [-0.3, -0.25) is 0 Å². The number of aliphatic imine (C=N–C) groups is 1. The van der Waals surface area contributed by atoms with E-state index in [0.717, 1.165) is 25.7 Å². The lowest BCUT2D eigenvalue weighted by Crippen LogP contribution is -2.36. The number of ether oxygens (including phenoxy) is 1. The second kappa shape index (κ2) is 10.1. The lowest BCUT2D eigenvalue weighted by atomic mass is 10.1. The minimum absolute atomic E-state index is 0.640. The minimum Gasteiger partial charge on any atom is -0.377 e. The minimum atomic E-state index is 0.640. The molecule has 2 aromatic rings. The van der Waals surface area contributed by atoms with Gasteiger partial charge in [0.15, 0.2) is 5.96 Å². The first-order valence-electron chi connectivity index (χ1n) is 8.45. The summed E-state index contributed by atoms with van der Waals surface area (Å²) in [5, 5.41) is 6.71. The van der Waals surface area contributed by atoms with Crippen molar-refractivity contribution in [3.63, 3.8) is 0 Å². The Hall–Kier alpha value is -1.85. The van der Waals surface area contributed by atoms with Crippen LogP contribution in [0.25, 0.3) is 0 Å². The third-order valence-electron chi connectivity index (χ3n) is 3.56. The van der Waals surface area contributed by atoms with Crippen molar-refractivity contribution in [2.75, 3.05) is 13.2 Å². The van der Waals surface area contributed by atoms with Crippen molar-refractivity contribution in [3.8, 4) is 0 Å². The predicted molar refractivity (Wildman–Crippen MR) is 102 cm³/mol. The third-order valence-corrected chi connectivity index (χ3v) is 4.56. The van der Waals surface area contributed by atoms with Crippen LogP contribution in [0.4, 0.5) is 0 Å². The number of guanidine groups is 1.